The summed E-state index contributed by atoms with van der Waals surface area (Å²) in [5, 5.41) is 3.45. The number of halogens is 1. The molecule has 3 aromatic rings. The van der Waals surface area contributed by atoms with Crippen LogP contribution >= 0.6 is 23.4 Å². The number of thioether (sulfide) groups is 1. The Morgan fingerprint density at radius 3 is 2.30 bits per heavy atom. The molecule has 0 bridgehead atoms. The molecular weight excluding hydrogens is 452 g/mol. The molecule has 33 heavy (non-hydrogen) atoms. The predicted molar refractivity (Wildman–Crippen MR) is 137 cm³/mol. The normalized spacial score (nSPS) is 11.6. The zero-order chi connectivity index (χ0) is 23.6. The van der Waals surface area contributed by atoms with Gasteiger partial charge in [0.2, 0.25) is 11.8 Å². The van der Waals surface area contributed by atoms with E-state index in [1.54, 1.807) is 11.9 Å². The van der Waals surface area contributed by atoms with Gasteiger partial charge in [0.15, 0.2) is 0 Å². The summed E-state index contributed by atoms with van der Waals surface area (Å²) in [6.45, 7) is 2.41. The van der Waals surface area contributed by atoms with Gasteiger partial charge in [-0.1, -0.05) is 83.9 Å². The van der Waals surface area contributed by atoms with E-state index in [2.05, 4.69) is 11.4 Å². The van der Waals surface area contributed by atoms with E-state index in [0.29, 0.717) is 23.7 Å². The highest BCUT2D eigenvalue weighted by Crippen LogP contribution is 2.20. The molecule has 0 aliphatic heterocycles. The van der Waals surface area contributed by atoms with Crippen molar-refractivity contribution in [1.29, 1.82) is 0 Å². The fourth-order valence-electron chi connectivity index (χ4n) is 3.65. The number of hydrogen-bond donors (Lipinski definition) is 1. The zero-order valence-electron chi connectivity index (χ0n) is 19.0. The van der Waals surface area contributed by atoms with Crippen molar-refractivity contribution in [3.63, 3.8) is 0 Å². The Morgan fingerprint density at radius 1 is 0.939 bits per heavy atom. The van der Waals surface area contributed by atoms with Gasteiger partial charge in [0, 0.05) is 30.8 Å². The summed E-state index contributed by atoms with van der Waals surface area (Å²) in [7, 11) is 1.62. The van der Waals surface area contributed by atoms with Gasteiger partial charge in [-0.15, -0.1) is 11.8 Å². The third-order valence-electron chi connectivity index (χ3n) is 5.36. The van der Waals surface area contributed by atoms with E-state index in [4.69, 9.17) is 11.6 Å². The first-order chi connectivity index (χ1) is 16.0. The van der Waals surface area contributed by atoms with Crippen LogP contribution in [0.25, 0.3) is 0 Å². The Balaban J connectivity index is 1.80. The Kier molecular flexibility index (Phi) is 9.40. The highest BCUT2D eigenvalue weighted by Gasteiger charge is 2.29. The van der Waals surface area contributed by atoms with Gasteiger partial charge in [-0.3, -0.25) is 9.59 Å². The Bertz CT molecular complexity index is 1060. The average Bonchev–Trinajstić information content (AvgIpc) is 2.82. The third kappa shape index (κ3) is 7.65. The summed E-state index contributed by atoms with van der Waals surface area (Å²) in [6.07, 6.45) is 0.458. The minimum absolute atomic E-state index is 0.0556. The second kappa shape index (κ2) is 12.5. The molecule has 0 unspecified atom stereocenters. The van der Waals surface area contributed by atoms with Crippen molar-refractivity contribution in [3.05, 3.63) is 106 Å². The van der Waals surface area contributed by atoms with Crippen molar-refractivity contribution in [2.45, 2.75) is 31.7 Å². The molecule has 6 heteroatoms. The first-order valence-corrected chi connectivity index (χ1v) is 12.4. The smallest absolute Gasteiger partial charge is 0.242 e. The summed E-state index contributed by atoms with van der Waals surface area (Å²) in [5.74, 6) is 0.767. The fourth-order valence-corrected chi connectivity index (χ4v) is 4.64. The van der Waals surface area contributed by atoms with Crippen LogP contribution < -0.4 is 5.32 Å². The predicted octanol–water partition coefficient (Wildman–Crippen LogP) is 5.27. The van der Waals surface area contributed by atoms with E-state index in [9.17, 15) is 9.59 Å². The number of nitrogens with one attached hydrogen (secondary N) is 1. The number of amides is 2. The topological polar surface area (TPSA) is 49.4 Å². The molecule has 4 nitrogen and oxygen atoms in total. The number of hydrogen-bond acceptors (Lipinski definition) is 3. The van der Waals surface area contributed by atoms with Gasteiger partial charge in [0.05, 0.1) is 5.75 Å². The summed E-state index contributed by atoms with van der Waals surface area (Å²) in [4.78, 5) is 28.1. The Hall–Kier alpha value is -2.76. The van der Waals surface area contributed by atoms with E-state index in [1.165, 1.54) is 11.8 Å². The highest BCUT2D eigenvalue weighted by molar-refractivity contribution is 7.99. The molecule has 3 aromatic carbocycles. The van der Waals surface area contributed by atoms with Crippen molar-refractivity contribution in [2.24, 2.45) is 0 Å². The number of carbonyl (C=O) groups is 2. The number of benzene rings is 3. The van der Waals surface area contributed by atoms with E-state index < -0.39 is 6.04 Å². The molecule has 0 aliphatic rings. The monoisotopic (exact) mass is 480 g/mol. The van der Waals surface area contributed by atoms with E-state index in [-0.39, 0.29) is 17.6 Å². The molecule has 0 heterocycles. The van der Waals surface area contributed by atoms with Crippen molar-refractivity contribution >= 4 is 35.2 Å². The minimum Gasteiger partial charge on any atom is -0.357 e. The van der Waals surface area contributed by atoms with Crippen LogP contribution in [0.5, 0.6) is 0 Å². The molecule has 172 valence electrons. The molecule has 1 N–H and O–H groups in total. The SMILES string of the molecule is CNC(=O)[C@H](Cc1ccccc1)N(Cc1cccc(C)c1)C(=O)CSCc1ccc(Cl)cc1. The molecule has 0 fully saturated rings. The molecule has 1 atom stereocenters. The number of likely N-dealkylation sites (N-methyl/N-ethyl adjacent to an activating group) is 1. The summed E-state index contributed by atoms with van der Waals surface area (Å²) >= 11 is 7.50. The largest absolute Gasteiger partial charge is 0.357 e. The van der Waals surface area contributed by atoms with Crippen LogP contribution in [0, 0.1) is 6.92 Å². The van der Waals surface area contributed by atoms with Gasteiger partial charge in [0.25, 0.3) is 0 Å². The molecule has 0 aromatic heterocycles. The first kappa shape index (κ1) is 24.9. The van der Waals surface area contributed by atoms with Crippen LogP contribution in [-0.4, -0.2) is 35.6 Å². The van der Waals surface area contributed by atoms with Gasteiger partial charge in [-0.2, -0.15) is 0 Å². The Morgan fingerprint density at radius 2 is 1.64 bits per heavy atom. The minimum atomic E-state index is -0.596. The summed E-state index contributed by atoms with van der Waals surface area (Å²) in [6, 6.07) is 24.9. The van der Waals surface area contributed by atoms with Gasteiger partial charge in [-0.05, 0) is 35.7 Å². The maximum absolute atomic E-state index is 13.4. The lowest BCUT2D eigenvalue weighted by molar-refractivity contribution is -0.139. The van der Waals surface area contributed by atoms with Gasteiger partial charge in [-0.25, -0.2) is 0 Å². The highest BCUT2D eigenvalue weighted by atomic mass is 35.5. The number of rotatable bonds is 10. The van der Waals surface area contributed by atoms with Crippen LogP contribution in [0.4, 0.5) is 0 Å². The van der Waals surface area contributed by atoms with Crippen molar-refractivity contribution in [1.82, 2.24) is 10.2 Å². The lowest BCUT2D eigenvalue weighted by atomic mass is 10.0. The quantitative estimate of drug-likeness (QED) is 0.430. The summed E-state index contributed by atoms with van der Waals surface area (Å²) < 4.78 is 0. The molecule has 0 spiro atoms. The maximum Gasteiger partial charge on any atom is 0.242 e. The van der Waals surface area contributed by atoms with Gasteiger partial charge in [0.1, 0.15) is 6.04 Å². The van der Waals surface area contributed by atoms with Crippen molar-refractivity contribution < 1.29 is 9.59 Å². The third-order valence-corrected chi connectivity index (χ3v) is 6.60. The average molecular weight is 481 g/mol. The lowest BCUT2D eigenvalue weighted by Crippen LogP contribution is -2.50. The Labute approximate surface area is 205 Å². The summed E-state index contributed by atoms with van der Waals surface area (Å²) in [5.41, 5.74) is 4.25. The van der Waals surface area contributed by atoms with E-state index in [1.807, 2.05) is 79.7 Å². The zero-order valence-corrected chi connectivity index (χ0v) is 20.5. The van der Waals surface area contributed by atoms with Gasteiger partial charge < -0.3 is 10.2 Å². The van der Waals surface area contributed by atoms with Crippen molar-refractivity contribution in [3.8, 4) is 0 Å². The lowest BCUT2D eigenvalue weighted by Gasteiger charge is -2.31. The second-order valence-electron chi connectivity index (χ2n) is 7.95. The maximum atomic E-state index is 13.4. The molecular formula is C27H29ClN2O2S. The van der Waals surface area contributed by atoms with E-state index in [0.717, 1.165) is 22.3 Å². The standard InChI is InChI=1S/C27H29ClN2O2S/c1-20-7-6-10-23(15-20)17-30(25(27(32)29-2)16-21-8-4-3-5-9-21)26(31)19-33-18-22-11-13-24(28)14-12-22/h3-15,25H,16-19H2,1-2H3,(H,29,32)/t25-/m0/s1. The van der Waals surface area contributed by atoms with Crippen LogP contribution in [-0.2, 0) is 28.3 Å². The number of aryl methyl sites for hydroxylation is 1. The fraction of sp³-hybridized carbons (Fsp3) is 0.259. The van der Waals surface area contributed by atoms with Crippen LogP contribution in [0.2, 0.25) is 5.02 Å². The molecule has 0 radical (unpaired) electrons. The molecule has 0 saturated heterocycles. The molecule has 0 saturated carbocycles. The number of carbonyl (C=O) groups excluding carboxylic acids is 2. The van der Waals surface area contributed by atoms with Crippen LogP contribution in [0.3, 0.4) is 0 Å². The van der Waals surface area contributed by atoms with Gasteiger partial charge >= 0.3 is 0 Å². The molecule has 0 aliphatic carbocycles. The van der Waals surface area contributed by atoms with E-state index >= 15 is 0 Å². The van der Waals surface area contributed by atoms with Crippen LogP contribution in [0.1, 0.15) is 22.3 Å². The van der Waals surface area contributed by atoms with Crippen molar-refractivity contribution in [2.75, 3.05) is 12.8 Å². The first-order valence-electron chi connectivity index (χ1n) is 10.9. The van der Waals surface area contributed by atoms with Crippen LogP contribution in [0.15, 0.2) is 78.9 Å². The molecule has 2 amide bonds. The second-order valence-corrected chi connectivity index (χ2v) is 9.37. The number of nitrogens with zero attached hydrogens (tertiary/aromatic N) is 1. The molecule has 3 rings (SSSR count).